The third-order valence-corrected chi connectivity index (χ3v) is 5.46. The number of esters is 1. The molecule has 0 unspecified atom stereocenters. The van der Waals surface area contributed by atoms with Crippen LogP contribution in [0.1, 0.15) is 65.4 Å². The van der Waals surface area contributed by atoms with Crippen molar-refractivity contribution in [1.82, 2.24) is 10.6 Å². The van der Waals surface area contributed by atoms with Crippen LogP contribution < -0.4 is 10.6 Å². The van der Waals surface area contributed by atoms with E-state index in [9.17, 15) is 14.4 Å². The van der Waals surface area contributed by atoms with E-state index in [1.165, 1.54) is 0 Å². The van der Waals surface area contributed by atoms with E-state index in [1.807, 2.05) is 44.2 Å². The van der Waals surface area contributed by atoms with Crippen molar-refractivity contribution < 1.29 is 19.1 Å². The molecule has 30 heavy (non-hydrogen) atoms. The third kappa shape index (κ3) is 7.47. The molecule has 0 aliphatic heterocycles. The second-order valence-electron chi connectivity index (χ2n) is 8.80. The Labute approximate surface area is 180 Å². The van der Waals surface area contributed by atoms with Gasteiger partial charge in [0.25, 0.3) is 0 Å². The van der Waals surface area contributed by atoms with Gasteiger partial charge in [0.1, 0.15) is 12.1 Å². The van der Waals surface area contributed by atoms with Gasteiger partial charge in [-0.05, 0) is 38.2 Å². The molecule has 6 heteroatoms. The first kappa shape index (κ1) is 23.9. The predicted molar refractivity (Wildman–Crippen MR) is 117 cm³/mol. The molecule has 2 N–H and O–H groups in total. The Morgan fingerprint density at radius 3 is 2.17 bits per heavy atom. The highest BCUT2D eigenvalue weighted by Crippen LogP contribution is 2.24. The second-order valence-corrected chi connectivity index (χ2v) is 8.80. The van der Waals surface area contributed by atoms with E-state index in [0.29, 0.717) is 6.42 Å². The zero-order valence-electron chi connectivity index (χ0n) is 18.6. The van der Waals surface area contributed by atoms with E-state index in [-0.39, 0.29) is 29.8 Å². The van der Waals surface area contributed by atoms with Crippen LogP contribution in [0, 0.1) is 11.8 Å². The van der Waals surface area contributed by atoms with Crippen LogP contribution in [0.3, 0.4) is 0 Å². The van der Waals surface area contributed by atoms with Crippen molar-refractivity contribution in [2.45, 2.75) is 84.4 Å². The number of rotatable bonds is 9. The van der Waals surface area contributed by atoms with E-state index in [0.717, 1.165) is 37.7 Å². The molecule has 0 saturated heterocycles. The molecule has 2 amide bonds. The molecule has 0 bridgehead atoms. The van der Waals surface area contributed by atoms with Gasteiger partial charge >= 0.3 is 5.97 Å². The van der Waals surface area contributed by atoms with Gasteiger partial charge in [-0.25, -0.2) is 4.79 Å². The molecule has 1 fully saturated rings. The van der Waals surface area contributed by atoms with Crippen molar-refractivity contribution in [3.05, 3.63) is 35.9 Å². The number of ether oxygens (including phenoxy) is 1. The molecule has 0 aromatic heterocycles. The summed E-state index contributed by atoms with van der Waals surface area (Å²) < 4.78 is 5.36. The van der Waals surface area contributed by atoms with Crippen LogP contribution in [0.2, 0.25) is 0 Å². The van der Waals surface area contributed by atoms with Crippen LogP contribution in [-0.2, 0) is 25.5 Å². The summed E-state index contributed by atoms with van der Waals surface area (Å²) in [5.41, 5.74) is 0.927. The first-order valence-corrected chi connectivity index (χ1v) is 11.1. The van der Waals surface area contributed by atoms with Gasteiger partial charge in [-0.1, -0.05) is 63.4 Å². The molecule has 1 aromatic carbocycles. The summed E-state index contributed by atoms with van der Waals surface area (Å²) in [6.07, 6.45) is 5.06. The van der Waals surface area contributed by atoms with Crippen molar-refractivity contribution in [2.24, 2.45) is 11.8 Å². The van der Waals surface area contributed by atoms with Gasteiger partial charge in [0, 0.05) is 12.3 Å². The molecule has 6 nitrogen and oxygen atoms in total. The smallest absolute Gasteiger partial charge is 0.329 e. The number of carbonyl (C=O) groups is 3. The van der Waals surface area contributed by atoms with Gasteiger partial charge in [0.05, 0.1) is 6.10 Å². The lowest BCUT2D eigenvalue weighted by molar-refractivity contribution is -0.151. The fraction of sp³-hybridized carbons (Fsp3) is 0.625. The zero-order chi connectivity index (χ0) is 22.1. The molecule has 1 aliphatic carbocycles. The van der Waals surface area contributed by atoms with E-state index in [2.05, 4.69) is 10.6 Å². The number of nitrogens with one attached hydrogen (secondary N) is 2. The topological polar surface area (TPSA) is 84.5 Å². The minimum Gasteiger partial charge on any atom is -0.461 e. The number of hydrogen-bond donors (Lipinski definition) is 2. The fourth-order valence-corrected chi connectivity index (χ4v) is 3.79. The molecule has 0 spiro atoms. The van der Waals surface area contributed by atoms with E-state index in [1.54, 1.807) is 13.8 Å². The molecule has 166 valence electrons. The van der Waals surface area contributed by atoms with Gasteiger partial charge in [-0.3, -0.25) is 9.59 Å². The average molecular weight is 417 g/mol. The van der Waals surface area contributed by atoms with Crippen LogP contribution in [0.15, 0.2) is 30.3 Å². The van der Waals surface area contributed by atoms with Crippen LogP contribution in [0.5, 0.6) is 0 Å². The lowest BCUT2D eigenvalue weighted by Gasteiger charge is -2.28. The quantitative estimate of drug-likeness (QED) is 0.605. The van der Waals surface area contributed by atoms with Gasteiger partial charge in [-0.2, -0.15) is 0 Å². The summed E-state index contributed by atoms with van der Waals surface area (Å²) >= 11 is 0. The van der Waals surface area contributed by atoms with Crippen molar-refractivity contribution in [2.75, 3.05) is 0 Å². The molecule has 2 rings (SSSR count). The lowest BCUT2D eigenvalue weighted by Crippen LogP contribution is -2.55. The zero-order valence-corrected chi connectivity index (χ0v) is 18.6. The number of carbonyl (C=O) groups excluding carboxylic acids is 3. The highest BCUT2D eigenvalue weighted by Gasteiger charge is 2.32. The molecule has 1 saturated carbocycles. The number of hydrogen-bond acceptors (Lipinski definition) is 4. The Balaban J connectivity index is 2.08. The molecular weight excluding hydrogens is 380 g/mol. The first-order valence-electron chi connectivity index (χ1n) is 11.1. The SMILES string of the molecule is CC(C)OC(=O)[C@H](Cc1ccccc1)NC(=O)[C@H](NC(=O)C1CCCCC1)C(C)C. The standard InChI is InChI=1S/C24H36N2O4/c1-16(2)21(26-22(27)19-13-9-6-10-14-19)23(28)25-20(24(29)30-17(3)4)15-18-11-7-5-8-12-18/h5,7-8,11-12,16-17,19-21H,6,9-10,13-15H2,1-4H3,(H,25,28)(H,26,27)/t20-,21+/m0/s1. The molecular formula is C24H36N2O4. The maximum absolute atomic E-state index is 13.1. The summed E-state index contributed by atoms with van der Waals surface area (Å²) in [4.78, 5) is 38.4. The molecule has 1 aromatic rings. The van der Waals surface area contributed by atoms with Crippen molar-refractivity contribution in [1.29, 1.82) is 0 Å². The van der Waals surface area contributed by atoms with Gasteiger partial charge in [0.15, 0.2) is 0 Å². The van der Waals surface area contributed by atoms with Gasteiger partial charge < -0.3 is 15.4 Å². The Morgan fingerprint density at radius 1 is 0.967 bits per heavy atom. The highest BCUT2D eigenvalue weighted by atomic mass is 16.5. The number of amides is 2. The van der Waals surface area contributed by atoms with Crippen molar-refractivity contribution >= 4 is 17.8 Å². The monoisotopic (exact) mass is 416 g/mol. The highest BCUT2D eigenvalue weighted by molar-refractivity contribution is 5.91. The van der Waals surface area contributed by atoms with E-state index in [4.69, 9.17) is 4.74 Å². The predicted octanol–water partition coefficient (Wildman–Crippen LogP) is 3.39. The molecule has 0 radical (unpaired) electrons. The Kier molecular flexibility index (Phi) is 9.34. The minimum absolute atomic E-state index is 0.0289. The van der Waals surface area contributed by atoms with E-state index < -0.39 is 18.1 Å². The van der Waals surface area contributed by atoms with Gasteiger partial charge in [-0.15, -0.1) is 0 Å². The Bertz CT molecular complexity index is 696. The Morgan fingerprint density at radius 2 is 1.60 bits per heavy atom. The summed E-state index contributed by atoms with van der Waals surface area (Å²) in [6, 6.07) is 8.00. The van der Waals surface area contributed by atoms with Crippen LogP contribution in [0.25, 0.3) is 0 Å². The fourth-order valence-electron chi connectivity index (χ4n) is 3.79. The second kappa shape index (κ2) is 11.7. The minimum atomic E-state index is -0.810. The maximum atomic E-state index is 13.1. The lowest BCUT2D eigenvalue weighted by atomic mass is 9.88. The first-order chi connectivity index (χ1) is 14.3. The molecule has 0 heterocycles. The van der Waals surface area contributed by atoms with Crippen LogP contribution in [-0.4, -0.2) is 36.0 Å². The van der Waals surface area contributed by atoms with Gasteiger partial charge in [0.2, 0.25) is 11.8 Å². The average Bonchev–Trinajstić information content (AvgIpc) is 2.71. The van der Waals surface area contributed by atoms with Crippen LogP contribution in [0.4, 0.5) is 0 Å². The van der Waals surface area contributed by atoms with E-state index >= 15 is 0 Å². The summed E-state index contributed by atoms with van der Waals surface area (Å²) in [5.74, 6) is -1.01. The summed E-state index contributed by atoms with van der Waals surface area (Å²) in [6.45, 7) is 7.34. The van der Waals surface area contributed by atoms with Crippen LogP contribution >= 0.6 is 0 Å². The number of benzene rings is 1. The largest absolute Gasteiger partial charge is 0.461 e. The summed E-state index contributed by atoms with van der Waals surface area (Å²) in [7, 11) is 0. The third-order valence-electron chi connectivity index (χ3n) is 5.46. The molecule has 1 aliphatic rings. The molecule has 2 atom stereocenters. The Hall–Kier alpha value is -2.37. The normalized spacial score (nSPS) is 16.7. The maximum Gasteiger partial charge on any atom is 0.329 e. The summed E-state index contributed by atoms with van der Waals surface area (Å²) in [5, 5.41) is 5.76. The van der Waals surface area contributed by atoms with Crippen molar-refractivity contribution in [3.63, 3.8) is 0 Å². The van der Waals surface area contributed by atoms with Crippen molar-refractivity contribution in [3.8, 4) is 0 Å².